The first-order chi connectivity index (χ1) is 9.08. The van der Waals surface area contributed by atoms with Gasteiger partial charge in [-0.1, -0.05) is 59.1 Å². The Hall–Kier alpha value is -1.02. The number of hydrogen-bond acceptors (Lipinski definition) is 1. The second-order valence-electron chi connectivity index (χ2n) is 4.72. The summed E-state index contributed by atoms with van der Waals surface area (Å²) < 4.78 is 0. The summed E-state index contributed by atoms with van der Waals surface area (Å²) in [5.74, 6) is 0. The molecular formula is C16H17Cl2N. The summed E-state index contributed by atoms with van der Waals surface area (Å²) in [6, 6.07) is 14.2. The molecule has 1 nitrogen and oxygen atoms in total. The van der Waals surface area contributed by atoms with Crippen LogP contribution in [-0.4, -0.2) is 0 Å². The molecule has 0 saturated carbocycles. The lowest BCUT2D eigenvalue weighted by Gasteiger charge is -2.17. The number of halogens is 2. The van der Waals surface area contributed by atoms with Crippen molar-refractivity contribution in [2.75, 3.05) is 0 Å². The highest BCUT2D eigenvalue weighted by Crippen LogP contribution is 2.30. The molecule has 2 rings (SSSR count). The topological polar surface area (TPSA) is 12.0 Å². The highest BCUT2D eigenvalue weighted by atomic mass is 35.5. The van der Waals surface area contributed by atoms with E-state index in [2.05, 4.69) is 43.4 Å². The Kier molecular flexibility index (Phi) is 4.87. The van der Waals surface area contributed by atoms with Crippen LogP contribution in [-0.2, 0) is 6.54 Å². The van der Waals surface area contributed by atoms with E-state index in [1.165, 1.54) is 11.1 Å². The van der Waals surface area contributed by atoms with Crippen LogP contribution in [0.5, 0.6) is 0 Å². The summed E-state index contributed by atoms with van der Waals surface area (Å²) >= 11 is 12.4. The lowest BCUT2D eigenvalue weighted by molar-refractivity contribution is 0.575. The third-order valence-electron chi connectivity index (χ3n) is 3.17. The van der Waals surface area contributed by atoms with Crippen LogP contribution in [0.4, 0.5) is 0 Å². The van der Waals surface area contributed by atoms with E-state index in [1.807, 2.05) is 18.2 Å². The fourth-order valence-electron chi connectivity index (χ4n) is 2.00. The third-order valence-corrected chi connectivity index (χ3v) is 3.82. The average molecular weight is 294 g/mol. The van der Waals surface area contributed by atoms with Gasteiger partial charge in [0.25, 0.3) is 0 Å². The van der Waals surface area contributed by atoms with Crippen LogP contribution in [0.1, 0.15) is 29.7 Å². The van der Waals surface area contributed by atoms with Gasteiger partial charge in [-0.15, -0.1) is 0 Å². The SMILES string of the molecule is Cc1ccc(CNC(C)c2c(Cl)cccc2Cl)cc1. The number of benzene rings is 2. The van der Waals surface area contributed by atoms with Gasteiger partial charge in [-0.05, 0) is 31.5 Å². The molecule has 0 heterocycles. The van der Waals surface area contributed by atoms with Gasteiger partial charge in [-0.25, -0.2) is 0 Å². The molecule has 3 heteroatoms. The minimum absolute atomic E-state index is 0.113. The molecule has 0 amide bonds. The summed E-state index contributed by atoms with van der Waals surface area (Å²) in [6.45, 7) is 4.95. The monoisotopic (exact) mass is 293 g/mol. The number of rotatable bonds is 4. The van der Waals surface area contributed by atoms with Crippen molar-refractivity contribution in [3.63, 3.8) is 0 Å². The zero-order chi connectivity index (χ0) is 13.8. The van der Waals surface area contributed by atoms with Crippen molar-refractivity contribution in [3.8, 4) is 0 Å². The summed E-state index contributed by atoms with van der Waals surface area (Å²) in [5.41, 5.74) is 3.48. The van der Waals surface area contributed by atoms with Gasteiger partial charge in [0.15, 0.2) is 0 Å². The van der Waals surface area contributed by atoms with E-state index in [9.17, 15) is 0 Å². The normalized spacial score (nSPS) is 12.4. The molecule has 0 aromatic heterocycles. The molecule has 0 aliphatic rings. The summed E-state index contributed by atoms with van der Waals surface area (Å²) in [5, 5.41) is 4.86. The maximum absolute atomic E-state index is 6.20. The molecular weight excluding hydrogens is 277 g/mol. The van der Waals surface area contributed by atoms with Crippen molar-refractivity contribution in [2.45, 2.75) is 26.4 Å². The lowest BCUT2D eigenvalue weighted by Crippen LogP contribution is -2.18. The molecule has 1 atom stereocenters. The van der Waals surface area contributed by atoms with Crippen LogP contribution < -0.4 is 5.32 Å². The molecule has 1 unspecified atom stereocenters. The van der Waals surface area contributed by atoms with Crippen molar-refractivity contribution in [1.82, 2.24) is 5.32 Å². The predicted octanol–water partition coefficient (Wildman–Crippen LogP) is 5.15. The predicted molar refractivity (Wildman–Crippen MR) is 82.9 cm³/mol. The Bertz CT molecular complexity index is 529. The second-order valence-corrected chi connectivity index (χ2v) is 5.54. The first kappa shape index (κ1) is 14.4. The summed E-state index contributed by atoms with van der Waals surface area (Å²) in [7, 11) is 0. The van der Waals surface area contributed by atoms with E-state index in [1.54, 1.807) is 0 Å². The maximum atomic E-state index is 6.20. The van der Waals surface area contributed by atoms with Gasteiger partial charge in [-0.3, -0.25) is 0 Å². The molecule has 2 aromatic rings. The largest absolute Gasteiger partial charge is 0.306 e. The quantitative estimate of drug-likeness (QED) is 0.822. The smallest absolute Gasteiger partial charge is 0.0468 e. The van der Waals surface area contributed by atoms with E-state index in [0.29, 0.717) is 10.0 Å². The van der Waals surface area contributed by atoms with Crippen molar-refractivity contribution < 1.29 is 0 Å². The van der Waals surface area contributed by atoms with E-state index in [0.717, 1.165) is 12.1 Å². The Labute approximate surface area is 124 Å². The van der Waals surface area contributed by atoms with Gasteiger partial charge in [0.05, 0.1) is 0 Å². The Balaban J connectivity index is 2.05. The number of aryl methyl sites for hydroxylation is 1. The van der Waals surface area contributed by atoms with Crippen LogP contribution in [0, 0.1) is 6.92 Å². The summed E-state index contributed by atoms with van der Waals surface area (Å²) in [4.78, 5) is 0. The van der Waals surface area contributed by atoms with E-state index in [-0.39, 0.29) is 6.04 Å². The number of hydrogen-bond donors (Lipinski definition) is 1. The van der Waals surface area contributed by atoms with Crippen LogP contribution in [0.15, 0.2) is 42.5 Å². The van der Waals surface area contributed by atoms with Crippen molar-refractivity contribution in [3.05, 3.63) is 69.2 Å². The minimum Gasteiger partial charge on any atom is -0.306 e. The van der Waals surface area contributed by atoms with Gasteiger partial charge >= 0.3 is 0 Å². The average Bonchev–Trinajstić information content (AvgIpc) is 2.38. The molecule has 1 N–H and O–H groups in total. The standard InChI is InChI=1S/C16H17Cl2N/c1-11-6-8-13(9-7-11)10-19-12(2)16-14(17)4-3-5-15(16)18/h3-9,12,19H,10H2,1-2H3. The van der Waals surface area contributed by atoms with Gasteiger partial charge in [0.2, 0.25) is 0 Å². The third kappa shape index (κ3) is 3.73. The molecule has 0 aliphatic carbocycles. The Morgan fingerprint density at radius 3 is 2.16 bits per heavy atom. The van der Waals surface area contributed by atoms with E-state index in [4.69, 9.17) is 23.2 Å². The van der Waals surface area contributed by atoms with Gasteiger partial charge in [0.1, 0.15) is 0 Å². The molecule has 0 aliphatic heterocycles. The zero-order valence-electron chi connectivity index (χ0n) is 11.1. The van der Waals surface area contributed by atoms with E-state index < -0.39 is 0 Å². The van der Waals surface area contributed by atoms with Crippen LogP contribution in [0.25, 0.3) is 0 Å². The lowest BCUT2D eigenvalue weighted by atomic mass is 10.1. The highest BCUT2D eigenvalue weighted by molar-refractivity contribution is 6.36. The van der Waals surface area contributed by atoms with Crippen LogP contribution in [0.3, 0.4) is 0 Å². The van der Waals surface area contributed by atoms with Gasteiger partial charge in [-0.2, -0.15) is 0 Å². The second kappa shape index (κ2) is 6.42. The molecule has 100 valence electrons. The molecule has 0 saturated heterocycles. The highest BCUT2D eigenvalue weighted by Gasteiger charge is 2.12. The maximum Gasteiger partial charge on any atom is 0.0468 e. The fourth-order valence-corrected chi connectivity index (χ4v) is 2.73. The van der Waals surface area contributed by atoms with Gasteiger partial charge in [0, 0.05) is 28.2 Å². The molecule has 0 fully saturated rings. The van der Waals surface area contributed by atoms with Crippen LogP contribution >= 0.6 is 23.2 Å². The number of nitrogens with one attached hydrogen (secondary N) is 1. The van der Waals surface area contributed by atoms with Crippen LogP contribution in [0.2, 0.25) is 10.0 Å². The van der Waals surface area contributed by atoms with Crippen molar-refractivity contribution in [1.29, 1.82) is 0 Å². The molecule has 2 aromatic carbocycles. The Morgan fingerprint density at radius 2 is 1.58 bits per heavy atom. The Morgan fingerprint density at radius 1 is 1.00 bits per heavy atom. The fraction of sp³-hybridized carbons (Fsp3) is 0.250. The zero-order valence-corrected chi connectivity index (χ0v) is 12.6. The molecule has 0 radical (unpaired) electrons. The van der Waals surface area contributed by atoms with Gasteiger partial charge < -0.3 is 5.32 Å². The van der Waals surface area contributed by atoms with E-state index >= 15 is 0 Å². The van der Waals surface area contributed by atoms with Crippen molar-refractivity contribution in [2.24, 2.45) is 0 Å². The first-order valence-corrected chi connectivity index (χ1v) is 7.06. The molecule has 19 heavy (non-hydrogen) atoms. The first-order valence-electron chi connectivity index (χ1n) is 6.31. The molecule has 0 bridgehead atoms. The van der Waals surface area contributed by atoms with Crippen molar-refractivity contribution >= 4 is 23.2 Å². The summed E-state index contributed by atoms with van der Waals surface area (Å²) in [6.07, 6.45) is 0. The molecule has 0 spiro atoms. The minimum atomic E-state index is 0.113.